The summed E-state index contributed by atoms with van der Waals surface area (Å²) in [5.74, 6) is 1.42. The standard InChI is InChI=1S/C22H28N6O2S/c1-15-6-7-16(2)20(14-15)31(29,30)27-12-10-26(11-13-27)21-8-9-22(24-23-21)28-19(5)17(3)18(4)25-28/h6-9,14H,10-13H2,1-5H3. The molecule has 2 aromatic heterocycles. The summed E-state index contributed by atoms with van der Waals surface area (Å²) in [5, 5.41) is 13.3. The van der Waals surface area contributed by atoms with Crippen molar-refractivity contribution in [2.75, 3.05) is 31.1 Å². The van der Waals surface area contributed by atoms with Crippen LogP contribution in [0.2, 0.25) is 0 Å². The molecule has 1 aromatic carbocycles. The summed E-state index contributed by atoms with van der Waals surface area (Å²) in [4.78, 5) is 2.46. The summed E-state index contributed by atoms with van der Waals surface area (Å²) in [7, 11) is -3.51. The lowest BCUT2D eigenvalue weighted by atomic mass is 10.2. The molecule has 1 fully saturated rings. The van der Waals surface area contributed by atoms with E-state index in [4.69, 9.17) is 0 Å². The van der Waals surface area contributed by atoms with Gasteiger partial charge in [-0.2, -0.15) is 9.40 Å². The van der Waals surface area contributed by atoms with Gasteiger partial charge in [-0.05, 0) is 69.5 Å². The third-order valence-corrected chi connectivity index (χ3v) is 8.07. The van der Waals surface area contributed by atoms with Crippen LogP contribution in [0.25, 0.3) is 5.82 Å². The molecule has 0 bridgehead atoms. The summed E-state index contributed by atoms with van der Waals surface area (Å²) >= 11 is 0. The van der Waals surface area contributed by atoms with Crippen molar-refractivity contribution in [1.82, 2.24) is 24.3 Å². The van der Waals surface area contributed by atoms with Gasteiger partial charge >= 0.3 is 0 Å². The largest absolute Gasteiger partial charge is 0.352 e. The zero-order valence-electron chi connectivity index (χ0n) is 18.6. The molecule has 8 nitrogen and oxygen atoms in total. The zero-order valence-corrected chi connectivity index (χ0v) is 19.4. The van der Waals surface area contributed by atoms with Crippen molar-refractivity contribution in [3.8, 4) is 5.82 Å². The first-order chi connectivity index (χ1) is 14.7. The third kappa shape index (κ3) is 3.95. The molecule has 0 N–H and O–H groups in total. The number of sulfonamides is 1. The Hall–Kier alpha value is -2.78. The maximum Gasteiger partial charge on any atom is 0.243 e. The van der Waals surface area contributed by atoms with Gasteiger partial charge in [0.05, 0.1) is 10.6 Å². The van der Waals surface area contributed by atoms with Crippen molar-refractivity contribution in [3.63, 3.8) is 0 Å². The minimum Gasteiger partial charge on any atom is -0.352 e. The number of hydrogen-bond acceptors (Lipinski definition) is 6. The smallest absolute Gasteiger partial charge is 0.243 e. The maximum atomic E-state index is 13.1. The lowest BCUT2D eigenvalue weighted by Crippen LogP contribution is -2.49. The first-order valence-corrected chi connectivity index (χ1v) is 11.8. The van der Waals surface area contributed by atoms with Crippen LogP contribution >= 0.6 is 0 Å². The number of rotatable bonds is 4. The summed E-state index contributed by atoms with van der Waals surface area (Å²) in [6.45, 7) is 11.7. The molecule has 0 atom stereocenters. The molecule has 0 amide bonds. The van der Waals surface area contributed by atoms with Crippen molar-refractivity contribution in [3.05, 3.63) is 58.4 Å². The molecule has 31 heavy (non-hydrogen) atoms. The molecule has 0 saturated carbocycles. The fourth-order valence-corrected chi connectivity index (χ4v) is 5.56. The number of piperazine rings is 1. The molecule has 164 valence electrons. The fourth-order valence-electron chi connectivity index (χ4n) is 3.83. The van der Waals surface area contributed by atoms with Gasteiger partial charge in [-0.25, -0.2) is 13.1 Å². The van der Waals surface area contributed by atoms with E-state index < -0.39 is 10.0 Å². The van der Waals surface area contributed by atoms with Crippen molar-refractivity contribution >= 4 is 15.8 Å². The van der Waals surface area contributed by atoms with Crippen molar-refractivity contribution in [2.24, 2.45) is 0 Å². The Morgan fingerprint density at radius 1 is 0.839 bits per heavy atom. The Morgan fingerprint density at radius 3 is 2.06 bits per heavy atom. The van der Waals surface area contributed by atoms with Crippen LogP contribution in [0.4, 0.5) is 5.82 Å². The first kappa shape index (κ1) is 21.5. The van der Waals surface area contributed by atoms with Crippen LogP contribution in [0.5, 0.6) is 0 Å². The highest BCUT2D eigenvalue weighted by Gasteiger charge is 2.30. The molecular weight excluding hydrogens is 412 g/mol. The van der Waals surface area contributed by atoms with Gasteiger partial charge in [0, 0.05) is 31.9 Å². The molecule has 3 heterocycles. The van der Waals surface area contributed by atoms with Gasteiger partial charge in [-0.1, -0.05) is 12.1 Å². The van der Waals surface area contributed by atoms with Crippen LogP contribution in [0.3, 0.4) is 0 Å². The number of hydrogen-bond donors (Lipinski definition) is 0. The quantitative estimate of drug-likeness (QED) is 0.620. The number of benzene rings is 1. The van der Waals surface area contributed by atoms with E-state index >= 15 is 0 Å². The maximum absolute atomic E-state index is 13.1. The van der Waals surface area contributed by atoms with E-state index in [2.05, 4.69) is 20.2 Å². The van der Waals surface area contributed by atoms with E-state index in [1.165, 1.54) is 0 Å². The van der Waals surface area contributed by atoms with Crippen molar-refractivity contribution in [1.29, 1.82) is 0 Å². The second-order valence-electron chi connectivity index (χ2n) is 8.12. The SMILES string of the molecule is Cc1ccc(C)c(S(=O)(=O)N2CCN(c3ccc(-n4nc(C)c(C)c4C)nn3)CC2)c1. The normalized spacial score (nSPS) is 15.5. The molecule has 1 aliphatic heterocycles. The van der Waals surface area contributed by atoms with E-state index in [1.54, 1.807) is 15.1 Å². The minimum atomic E-state index is -3.51. The fraction of sp³-hybridized carbons (Fsp3) is 0.409. The van der Waals surface area contributed by atoms with Crippen LogP contribution < -0.4 is 4.90 Å². The van der Waals surface area contributed by atoms with E-state index in [9.17, 15) is 8.42 Å². The average Bonchev–Trinajstić information content (AvgIpc) is 3.03. The van der Waals surface area contributed by atoms with E-state index in [1.807, 2.05) is 58.9 Å². The molecule has 1 saturated heterocycles. The van der Waals surface area contributed by atoms with Gasteiger partial charge in [-0.15, -0.1) is 10.2 Å². The number of aryl methyl sites for hydroxylation is 3. The molecule has 3 aromatic rings. The first-order valence-electron chi connectivity index (χ1n) is 10.4. The topological polar surface area (TPSA) is 84.2 Å². The number of nitrogens with zero attached hydrogens (tertiary/aromatic N) is 6. The lowest BCUT2D eigenvalue weighted by Gasteiger charge is -2.34. The predicted octanol–water partition coefficient (Wildman–Crippen LogP) is 2.72. The summed E-state index contributed by atoms with van der Waals surface area (Å²) in [6, 6.07) is 9.37. The van der Waals surface area contributed by atoms with Gasteiger partial charge in [0.25, 0.3) is 0 Å². The summed E-state index contributed by atoms with van der Waals surface area (Å²) in [5.41, 5.74) is 4.88. The Kier molecular flexibility index (Phi) is 5.57. The van der Waals surface area contributed by atoms with Crippen LogP contribution in [0.15, 0.2) is 35.2 Å². The van der Waals surface area contributed by atoms with Crippen molar-refractivity contribution in [2.45, 2.75) is 39.5 Å². The second kappa shape index (κ2) is 8.05. The monoisotopic (exact) mass is 440 g/mol. The molecule has 1 aliphatic rings. The molecule has 9 heteroatoms. The van der Waals surface area contributed by atoms with E-state index in [0.29, 0.717) is 36.9 Å². The number of aromatic nitrogens is 4. The predicted molar refractivity (Wildman–Crippen MR) is 120 cm³/mol. The van der Waals surface area contributed by atoms with Crippen molar-refractivity contribution < 1.29 is 8.42 Å². The Bertz CT molecular complexity index is 1210. The Morgan fingerprint density at radius 2 is 1.48 bits per heavy atom. The number of anilines is 1. The van der Waals surface area contributed by atoms with Gasteiger partial charge in [-0.3, -0.25) is 0 Å². The highest BCUT2D eigenvalue weighted by Crippen LogP contribution is 2.24. The molecular formula is C22H28N6O2S. The lowest BCUT2D eigenvalue weighted by molar-refractivity contribution is 0.383. The summed E-state index contributed by atoms with van der Waals surface area (Å²) < 4.78 is 29.6. The van der Waals surface area contributed by atoms with Gasteiger partial charge in [0.2, 0.25) is 10.0 Å². The Labute approximate surface area is 183 Å². The van der Waals surface area contributed by atoms with E-state index in [-0.39, 0.29) is 0 Å². The molecule has 4 rings (SSSR count). The van der Waals surface area contributed by atoms with E-state index in [0.717, 1.165) is 33.9 Å². The second-order valence-corrected chi connectivity index (χ2v) is 10.0. The highest BCUT2D eigenvalue weighted by molar-refractivity contribution is 7.89. The summed E-state index contributed by atoms with van der Waals surface area (Å²) in [6.07, 6.45) is 0. The molecule has 0 unspecified atom stereocenters. The molecule has 0 aliphatic carbocycles. The van der Waals surface area contributed by atoms with Crippen LogP contribution in [0, 0.1) is 34.6 Å². The highest BCUT2D eigenvalue weighted by atomic mass is 32.2. The van der Waals surface area contributed by atoms with Crippen LogP contribution in [0.1, 0.15) is 28.1 Å². The zero-order chi connectivity index (χ0) is 22.3. The van der Waals surface area contributed by atoms with Gasteiger partial charge in [0.1, 0.15) is 0 Å². The average molecular weight is 441 g/mol. The van der Waals surface area contributed by atoms with Gasteiger partial charge in [0.15, 0.2) is 11.6 Å². The minimum absolute atomic E-state index is 0.394. The Balaban J connectivity index is 1.47. The van der Waals surface area contributed by atoms with Crippen LogP contribution in [-0.4, -0.2) is 58.9 Å². The van der Waals surface area contributed by atoms with Crippen LogP contribution in [-0.2, 0) is 10.0 Å². The van der Waals surface area contributed by atoms with Gasteiger partial charge < -0.3 is 4.90 Å². The molecule has 0 spiro atoms. The third-order valence-electron chi connectivity index (χ3n) is 6.03. The molecule has 0 radical (unpaired) electrons.